The smallest absolute Gasteiger partial charge is 0.269 e. The molecule has 8 nitrogen and oxygen atoms in total. The van der Waals surface area contributed by atoms with Gasteiger partial charge in [-0.05, 0) is 30.3 Å². The van der Waals surface area contributed by atoms with Crippen LogP contribution in [0.3, 0.4) is 0 Å². The lowest BCUT2D eigenvalue weighted by atomic mass is 10.1. The number of imidazole rings is 1. The van der Waals surface area contributed by atoms with Crippen molar-refractivity contribution in [2.75, 3.05) is 7.05 Å². The molecule has 1 aromatic carbocycles. The van der Waals surface area contributed by atoms with Crippen molar-refractivity contribution in [3.05, 3.63) is 82.5 Å². The number of pyridine rings is 3. The molecule has 0 saturated heterocycles. The van der Waals surface area contributed by atoms with Crippen LogP contribution >= 0.6 is 23.2 Å². The summed E-state index contributed by atoms with van der Waals surface area (Å²) >= 11 is 12.8. The molecule has 0 saturated carbocycles. The van der Waals surface area contributed by atoms with E-state index in [9.17, 15) is 9.59 Å². The van der Waals surface area contributed by atoms with Crippen LogP contribution in [0.15, 0.2) is 61.1 Å². The van der Waals surface area contributed by atoms with E-state index < -0.39 is 5.91 Å². The molecular weight excluding hydrogens is 475 g/mol. The Balaban J connectivity index is 1.74. The molecule has 0 aliphatic heterocycles. The number of fused-ring (bicyclic) bond motifs is 3. The van der Waals surface area contributed by atoms with Gasteiger partial charge in [-0.15, -0.1) is 0 Å². The van der Waals surface area contributed by atoms with Gasteiger partial charge in [0.2, 0.25) is 0 Å². The number of nitrogens with one attached hydrogen (secondary N) is 1. The predicted molar refractivity (Wildman–Crippen MR) is 131 cm³/mol. The first-order valence-electron chi connectivity index (χ1n) is 10.1. The summed E-state index contributed by atoms with van der Waals surface area (Å²) in [5, 5.41) is 3.93. The van der Waals surface area contributed by atoms with E-state index >= 15 is 0 Å². The maximum absolute atomic E-state index is 12.4. The second-order valence-corrected chi connectivity index (χ2v) is 8.26. The third kappa shape index (κ3) is 3.53. The molecule has 0 atom stereocenters. The Hall–Kier alpha value is -4.01. The van der Waals surface area contributed by atoms with E-state index in [0.717, 1.165) is 11.1 Å². The number of primary amides is 1. The van der Waals surface area contributed by atoms with E-state index in [-0.39, 0.29) is 17.3 Å². The fourth-order valence-corrected chi connectivity index (χ4v) is 4.40. The summed E-state index contributed by atoms with van der Waals surface area (Å²) in [6.07, 6.45) is 4.99. The van der Waals surface area contributed by atoms with Gasteiger partial charge in [0.1, 0.15) is 22.7 Å². The van der Waals surface area contributed by atoms with Gasteiger partial charge in [0.15, 0.2) is 0 Å². The minimum Gasteiger partial charge on any atom is -0.364 e. The van der Waals surface area contributed by atoms with E-state index in [1.54, 1.807) is 66.4 Å². The molecule has 168 valence electrons. The van der Waals surface area contributed by atoms with Crippen LogP contribution in [0, 0.1) is 0 Å². The standard InChI is InChI=1S/C24H16Cl2N6O2/c1-28-24(34)18-6-5-12(10-30-18)13-9-14-17(29-11-13)7-8-32-21(22(27)33)20(31-23(14)32)19-15(25)3-2-4-16(19)26/h2-11H,1H3,(H2,27,33)(H,28,34). The minimum absolute atomic E-state index is 0.161. The zero-order valence-corrected chi connectivity index (χ0v) is 19.2. The normalized spacial score (nSPS) is 11.1. The van der Waals surface area contributed by atoms with Crippen molar-refractivity contribution in [1.82, 2.24) is 24.7 Å². The Labute approximate surface area is 203 Å². The van der Waals surface area contributed by atoms with Crippen LogP contribution in [0.25, 0.3) is 38.9 Å². The van der Waals surface area contributed by atoms with Gasteiger partial charge in [-0.3, -0.25) is 24.0 Å². The number of rotatable bonds is 4. The van der Waals surface area contributed by atoms with Gasteiger partial charge in [0.25, 0.3) is 11.8 Å². The average molecular weight is 491 g/mol. The lowest BCUT2D eigenvalue weighted by Crippen LogP contribution is -2.18. The zero-order valence-electron chi connectivity index (χ0n) is 17.7. The molecule has 0 fully saturated rings. The molecule has 34 heavy (non-hydrogen) atoms. The number of hydrogen-bond acceptors (Lipinski definition) is 5. The van der Waals surface area contributed by atoms with E-state index in [0.29, 0.717) is 37.9 Å². The van der Waals surface area contributed by atoms with E-state index in [4.69, 9.17) is 33.9 Å². The summed E-state index contributed by atoms with van der Waals surface area (Å²) in [7, 11) is 1.55. The van der Waals surface area contributed by atoms with Crippen molar-refractivity contribution >= 4 is 51.6 Å². The topological polar surface area (TPSA) is 115 Å². The molecule has 5 aromatic rings. The third-order valence-electron chi connectivity index (χ3n) is 5.44. The fraction of sp³-hybridized carbons (Fsp3) is 0.0417. The van der Waals surface area contributed by atoms with Gasteiger partial charge in [-0.25, -0.2) is 4.98 Å². The van der Waals surface area contributed by atoms with E-state index in [2.05, 4.69) is 15.3 Å². The van der Waals surface area contributed by atoms with Gasteiger partial charge in [-0.1, -0.05) is 35.3 Å². The summed E-state index contributed by atoms with van der Waals surface area (Å²) in [6.45, 7) is 0. The molecule has 0 radical (unpaired) electrons. The molecule has 2 amide bonds. The number of nitrogens with two attached hydrogens (primary N) is 1. The number of nitrogens with zero attached hydrogens (tertiary/aromatic N) is 4. The van der Waals surface area contributed by atoms with Crippen molar-refractivity contribution in [3.63, 3.8) is 0 Å². The highest BCUT2D eigenvalue weighted by Gasteiger charge is 2.23. The third-order valence-corrected chi connectivity index (χ3v) is 6.07. The van der Waals surface area contributed by atoms with Crippen LogP contribution in [0.4, 0.5) is 0 Å². The predicted octanol–water partition coefficient (Wildman–Crippen LogP) is 4.38. The lowest BCUT2D eigenvalue weighted by Gasteiger charge is -2.06. The van der Waals surface area contributed by atoms with Crippen LogP contribution < -0.4 is 11.1 Å². The molecule has 10 heteroatoms. The molecule has 0 aliphatic rings. The Bertz CT molecular complexity index is 1590. The van der Waals surface area contributed by atoms with Crippen molar-refractivity contribution in [1.29, 1.82) is 0 Å². The number of aromatic nitrogens is 4. The quantitative estimate of drug-likeness (QED) is 0.387. The minimum atomic E-state index is -0.670. The molecule has 0 bridgehead atoms. The number of carbonyl (C=O) groups excluding carboxylic acids is 2. The molecule has 3 N–H and O–H groups in total. The number of amides is 2. The van der Waals surface area contributed by atoms with Gasteiger partial charge >= 0.3 is 0 Å². The fourth-order valence-electron chi connectivity index (χ4n) is 3.82. The van der Waals surface area contributed by atoms with Crippen LogP contribution in [0.5, 0.6) is 0 Å². The second kappa shape index (κ2) is 8.40. The first kappa shape index (κ1) is 21.8. The molecule has 0 spiro atoms. The van der Waals surface area contributed by atoms with Gasteiger partial charge in [0.05, 0.1) is 15.6 Å². The Morgan fingerprint density at radius 2 is 1.74 bits per heavy atom. The molecule has 5 rings (SSSR count). The number of halogens is 2. The molecule has 4 aromatic heterocycles. The maximum Gasteiger partial charge on any atom is 0.269 e. The summed E-state index contributed by atoms with van der Waals surface area (Å²) < 4.78 is 1.61. The van der Waals surface area contributed by atoms with Crippen LogP contribution in [0.2, 0.25) is 10.0 Å². The maximum atomic E-state index is 12.4. The van der Waals surface area contributed by atoms with Crippen LogP contribution in [-0.2, 0) is 0 Å². The average Bonchev–Trinajstić information content (AvgIpc) is 3.23. The zero-order chi connectivity index (χ0) is 24.0. The number of hydrogen-bond donors (Lipinski definition) is 2. The molecule has 4 heterocycles. The SMILES string of the molecule is CNC(=O)c1ccc(-c2cnc3ccn4c(C(N)=O)c(-c5c(Cl)cccc5Cl)nc4c3c2)cn1. The van der Waals surface area contributed by atoms with E-state index in [1.165, 1.54) is 0 Å². The molecule has 0 unspecified atom stereocenters. The summed E-state index contributed by atoms with van der Waals surface area (Å²) in [5.74, 6) is -0.942. The van der Waals surface area contributed by atoms with Crippen LogP contribution in [0.1, 0.15) is 21.0 Å². The van der Waals surface area contributed by atoms with Crippen molar-refractivity contribution in [3.8, 4) is 22.4 Å². The second-order valence-electron chi connectivity index (χ2n) is 7.45. The largest absolute Gasteiger partial charge is 0.364 e. The first-order chi connectivity index (χ1) is 16.4. The molecule has 0 aliphatic carbocycles. The highest BCUT2D eigenvalue weighted by Crippen LogP contribution is 2.37. The van der Waals surface area contributed by atoms with Crippen molar-refractivity contribution < 1.29 is 9.59 Å². The summed E-state index contributed by atoms with van der Waals surface area (Å²) in [5.41, 5.74) is 9.59. The highest BCUT2D eigenvalue weighted by molar-refractivity contribution is 6.39. The lowest BCUT2D eigenvalue weighted by molar-refractivity contribution is 0.0956. The van der Waals surface area contributed by atoms with Gasteiger partial charge in [0, 0.05) is 47.7 Å². The van der Waals surface area contributed by atoms with Crippen molar-refractivity contribution in [2.45, 2.75) is 0 Å². The summed E-state index contributed by atoms with van der Waals surface area (Å²) in [4.78, 5) is 37.7. The first-order valence-corrected chi connectivity index (χ1v) is 10.9. The number of benzene rings is 1. The van der Waals surface area contributed by atoms with Gasteiger partial charge in [-0.2, -0.15) is 0 Å². The summed E-state index contributed by atoms with van der Waals surface area (Å²) in [6, 6.07) is 12.1. The van der Waals surface area contributed by atoms with Crippen molar-refractivity contribution in [2.24, 2.45) is 5.73 Å². The molecular formula is C24H16Cl2N6O2. The Morgan fingerprint density at radius 1 is 1.00 bits per heavy atom. The van der Waals surface area contributed by atoms with E-state index in [1.807, 2.05) is 6.07 Å². The highest BCUT2D eigenvalue weighted by atomic mass is 35.5. The monoisotopic (exact) mass is 490 g/mol. The van der Waals surface area contributed by atoms with Gasteiger partial charge < -0.3 is 11.1 Å². The van der Waals surface area contributed by atoms with Crippen LogP contribution in [-0.4, -0.2) is 38.2 Å². The Kier molecular flexibility index (Phi) is 5.39. The Morgan fingerprint density at radius 3 is 2.38 bits per heavy atom. The number of carbonyl (C=O) groups is 2.